The molecule has 2 heterocycles. The van der Waals surface area contributed by atoms with Gasteiger partial charge in [0, 0.05) is 6.54 Å². The minimum Gasteiger partial charge on any atom is -0.454 e. The van der Waals surface area contributed by atoms with E-state index in [0.717, 1.165) is 34.7 Å². The van der Waals surface area contributed by atoms with E-state index in [9.17, 15) is 5.26 Å². The second kappa shape index (κ2) is 5.90. The molecule has 0 spiro atoms. The third-order valence-corrected chi connectivity index (χ3v) is 3.71. The second-order valence-corrected chi connectivity index (χ2v) is 5.11. The molecule has 112 valence electrons. The van der Waals surface area contributed by atoms with Crippen LogP contribution in [0.4, 0.5) is 5.82 Å². The molecule has 0 aliphatic carbocycles. The van der Waals surface area contributed by atoms with Gasteiger partial charge in [-0.3, -0.25) is 0 Å². The average Bonchev–Trinajstić information content (AvgIpc) is 2.98. The molecule has 0 amide bonds. The average molecular weight is 296 g/mol. The SMILES string of the molecule is Cc1nnc(NCCc2ccc3c(c2)OCO3)c(C#N)c1C. The quantitative estimate of drug-likeness (QED) is 0.933. The fraction of sp³-hybridized carbons (Fsp3) is 0.312. The zero-order chi connectivity index (χ0) is 15.5. The van der Waals surface area contributed by atoms with Crippen LogP contribution in [-0.2, 0) is 6.42 Å². The number of hydrogen-bond acceptors (Lipinski definition) is 6. The fourth-order valence-electron chi connectivity index (χ4n) is 2.29. The molecule has 22 heavy (non-hydrogen) atoms. The summed E-state index contributed by atoms with van der Waals surface area (Å²) in [5.74, 6) is 2.09. The minimum absolute atomic E-state index is 0.279. The van der Waals surface area contributed by atoms with E-state index in [1.165, 1.54) is 0 Å². The predicted octanol–water partition coefficient (Wildman–Crippen LogP) is 2.35. The molecule has 1 N–H and O–H groups in total. The Morgan fingerprint density at radius 3 is 2.86 bits per heavy atom. The van der Waals surface area contributed by atoms with Crippen LogP contribution in [0.2, 0.25) is 0 Å². The Labute approximate surface area is 128 Å². The van der Waals surface area contributed by atoms with Gasteiger partial charge in [0.05, 0.1) is 5.69 Å². The summed E-state index contributed by atoms with van der Waals surface area (Å²) in [7, 11) is 0. The van der Waals surface area contributed by atoms with Crippen LogP contribution >= 0.6 is 0 Å². The van der Waals surface area contributed by atoms with Gasteiger partial charge in [0.15, 0.2) is 17.3 Å². The molecule has 6 heteroatoms. The first-order valence-electron chi connectivity index (χ1n) is 7.05. The Morgan fingerprint density at radius 2 is 2.05 bits per heavy atom. The van der Waals surface area contributed by atoms with Crippen molar-refractivity contribution >= 4 is 5.82 Å². The second-order valence-electron chi connectivity index (χ2n) is 5.11. The lowest BCUT2D eigenvalue weighted by atomic mass is 10.1. The highest BCUT2D eigenvalue weighted by Crippen LogP contribution is 2.32. The maximum atomic E-state index is 9.26. The maximum absolute atomic E-state index is 9.26. The molecule has 0 atom stereocenters. The highest BCUT2D eigenvalue weighted by molar-refractivity contribution is 5.55. The van der Waals surface area contributed by atoms with E-state index in [-0.39, 0.29) is 6.79 Å². The van der Waals surface area contributed by atoms with Crippen molar-refractivity contribution in [2.24, 2.45) is 0 Å². The van der Waals surface area contributed by atoms with Crippen molar-refractivity contribution < 1.29 is 9.47 Å². The van der Waals surface area contributed by atoms with E-state index in [4.69, 9.17) is 9.47 Å². The topological polar surface area (TPSA) is 80.1 Å². The molecule has 0 saturated carbocycles. The van der Waals surface area contributed by atoms with Crippen LogP contribution in [0.15, 0.2) is 18.2 Å². The highest BCUT2D eigenvalue weighted by Gasteiger charge is 2.13. The number of nitriles is 1. The molecular weight excluding hydrogens is 280 g/mol. The van der Waals surface area contributed by atoms with Crippen molar-refractivity contribution in [3.05, 3.63) is 40.6 Å². The van der Waals surface area contributed by atoms with Gasteiger partial charge in [0.1, 0.15) is 11.6 Å². The number of nitrogens with zero attached hydrogens (tertiary/aromatic N) is 3. The molecule has 3 rings (SSSR count). The van der Waals surface area contributed by atoms with Crippen LogP contribution in [0.25, 0.3) is 0 Å². The molecule has 1 aliphatic heterocycles. The lowest BCUT2D eigenvalue weighted by Crippen LogP contribution is -2.10. The molecule has 0 unspecified atom stereocenters. The third kappa shape index (κ3) is 2.66. The van der Waals surface area contributed by atoms with Gasteiger partial charge in [0.2, 0.25) is 6.79 Å². The van der Waals surface area contributed by atoms with Crippen molar-refractivity contribution in [1.29, 1.82) is 5.26 Å². The van der Waals surface area contributed by atoms with Crippen molar-refractivity contribution in [3.63, 3.8) is 0 Å². The van der Waals surface area contributed by atoms with Gasteiger partial charge in [-0.25, -0.2) is 0 Å². The Bertz CT molecular complexity index is 753. The van der Waals surface area contributed by atoms with E-state index < -0.39 is 0 Å². The predicted molar refractivity (Wildman–Crippen MR) is 81.0 cm³/mol. The molecule has 1 aromatic carbocycles. The van der Waals surface area contributed by atoms with Crippen LogP contribution < -0.4 is 14.8 Å². The first-order chi connectivity index (χ1) is 10.7. The largest absolute Gasteiger partial charge is 0.454 e. The summed E-state index contributed by atoms with van der Waals surface area (Å²) in [4.78, 5) is 0. The molecule has 0 fully saturated rings. The summed E-state index contributed by atoms with van der Waals surface area (Å²) in [6.45, 7) is 4.66. The monoisotopic (exact) mass is 296 g/mol. The molecule has 2 aromatic rings. The summed E-state index contributed by atoms with van der Waals surface area (Å²) in [6, 6.07) is 8.08. The molecule has 0 saturated heterocycles. The lowest BCUT2D eigenvalue weighted by Gasteiger charge is -2.09. The van der Waals surface area contributed by atoms with Crippen LogP contribution in [0, 0.1) is 25.2 Å². The van der Waals surface area contributed by atoms with Gasteiger partial charge in [0.25, 0.3) is 0 Å². The Balaban J connectivity index is 1.67. The normalized spacial score (nSPS) is 12.0. The van der Waals surface area contributed by atoms with Crippen LogP contribution in [0.5, 0.6) is 11.5 Å². The number of rotatable bonds is 4. The number of anilines is 1. The number of hydrogen-bond donors (Lipinski definition) is 1. The van der Waals surface area contributed by atoms with Crippen molar-refractivity contribution in [1.82, 2.24) is 10.2 Å². The van der Waals surface area contributed by atoms with Gasteiger partial charge >= 0.3 is 0 Å². The number of ether oxygens (including phenoxy) is 2. The van der Waals surface area contributed by atoms with E-state index in [2.05, 4.69) is 21.6 Å². The van der Waals surface area contributed by atoms with Crippen molar-refractivity contribution in [3.8, 4) is 17.6 Å². The fourth-order valence-corrected chi connectivity index (χ4v) is 2.29. The number of nitrogens with one attached hydrogen (secondary N) is 1. The van der Waals surface area contributed by atoms with E-state index in [1.54, 1.807) is 0 Å². The molecule has 1 aliphatic rings. The van der Waals surface area contributed by atoms with Crippen molar-refractivity contribution in [2.75, 3.05) is 18.7 Å². The molecule has 6 nitrogen and oxygen atoms in total. The van der Waals surface area contributed by atoms with E-state index >= 15 is 0 Å². The third-order valence-electron chi connectivity index (χ3n) is 3.71. The standard InChI is InChI=1S/C16H16N4O2/c1-10-11(2)19-20-16(13(10)8-17)18-6-5-12-3-4-14-15(7-12)22-9-21-14/h3-4,7H,5-6,9H2,1-2H3,(H,18,20). The Kier molecular flexibility index (Phi) is 3.79. The first-order valence-corrected chi connectivity index (χ1v) is 7.05. The number of aromatic nitrogens is 2. The van der Waals surface area contributed by atoms with Crippen LogP contribution in [0.1, 0.15) is 22.4 Å². The van der Waals surface area contributed by atoms with E-state index in [0.29, 0.717) is 17.9 Å². The van der Waals surface area contributed by atoms with Crippen LogP contribution in [-0.4, -0.2) is 23.5 Å². The lowest BCUT2D eigenvalue weighted by molar-refractivity contribution is 0.174. The molecule has 0 bridgehead atoms. The minimum atomic E-state index is 0.279. The van der Waals surface area contributed by atoms with Crippen molar-refractivity contribution in [2.45, 2.75) is 20.3 Å². The summed E-state index contributed by atoms with van der Waals surface area (Å²) >= 11 is 0. The summed E-state index contributed by atoms with van der Waals surface area (Å²) in [5, 5.41) is 20.6. The van der Waals surface area contributed by atoms with E-state index in [1.807, 2.05) is 32.0 Å². The Hall–Kier alpha value is -2.81. The summed E-state index contributed by atoms with van der Waals surface area (Å²) in [5.41, 5.74) is 3.33. The van der Waals surface area contributed by atoms with Crippen LogP contribution in [0.3, 0.4) is 0 Å². The van der Waals surface area contributed by atoms with Gasteiger partial charge in [-0.15, -0.1) is 5.10 Å². The smallest absolute Gasteiger partial charge is 0.231 e. The zero-order valence-electron chi connectivity index (χ0n) is 12.5. The Morgan fingerprint density at radius 1 is 1.23 bits per heavy atom. The van der Waals surface area contributed by atoms with Gasteiger partial charge in [-0.05, 0) is 43.5 Å². The number of benzene rings is 1. The van der Waals surface area contributed by atoms with Gasteiger partial charge < -0.3 is 14.8 Å². The van der Waals surface area contributed by atoms with Gasteiger partial charge in [-0.1, -0.05) is 6.07 Å². The maximum Gasteiger partial charge on any atom is 0.231 e. The molecular formula is C16H16N4O2. The zero-order valence-corrected chi connectivity index (χ0v) is 12.5. The number of fused-ring (bicyclic) bond motifs is 1. The molecule has 1 aromatic heterocycles. The van der Waals surface area contributed by atoms with Gasteiger partial charge in [-0.2, -0.15) is 10.4 Å². The number of aryl methyl sites for hydroxylation is 1. The summed E-state index contributed by atoms with van der Waals surface area (Å²) < 4.78 is 10.7. The highest BCUT2D eigenvalue weighted by atomic mass is 16.7. The first kappa shape index (κ1) is 14.1. The molecule has 0 radical (unpaired) electrons. The summed E-state index contributed by atoms with van der Waals surface area (Å²) in [6.07, 6.45) is 0.788.